The van der Waals surface area contributed by atoms with E-state index < -0.39 is 11.6 Å². The van der Waals surface area contributed by atoms with Gasteiger partial charge in [-0.15, -0.1) is 0 Å². The first-order valence-corrected chi connectivity index (χ1v) is 6.51. The number of hydrogen-bond acceptors (Lipinski definition) is 3. The smallest absolute Gasteiger partial charge is 0.338 e. The van der Waals surface area contributed by atoms with E-state index >= 15 is 0 Å². The molecule has 3 nitrogen and oxygen atoms in total. The Labute approximate surface area is 109 Å². The van der Waals surface area contributed by atoms with Crippen molar-refractivity contribution in [2.75, 3.05) is 6.61 Å². The minimum Gasteiger partial charge on any atom is -0.464 e. The summed E-state index contributed by atoms with van der Waals surface area (Å²) in [5.41, 5.74) is 0.861. The summed E-state index contributed by atoms with van der Waals surface area (Å²) in [5, 5.41) is 10.3. The molecule has 1 N–H and O–H groups in total. The Morgan fingerprint density at radius 1 is 1.53 bits per heavy atom. The third-order valence-corrected chi connectivity index (χ3v) is 3.61. The highest BCUT2D eigenvalue weighted by Gasteiger charge is 2.40. The molecule has 1 aliphatic carbocycles. The molecule has 0 heterocycles. The van der Waals surface area contributed by atoms with Crippen LogP contribution >= 0.6 is 15.9 Å². The maximum absolute atomic E-state index is 11.7. The van der Waals surface area contributed by atoms with Gasteiger partial charge in [0.15, 0.2) is 5.60 Å². The van der Waals surface area contributed by atoms with Crippen LogP contribution < -0.4 is 0 Å². The summed E-state index contributed by atoms with van der Waals surface area (Å²) in [6, 6.07) is 5.92. The van der Waals surface area contributed by atoms with Crippen LogP contribution in [0, 0.1) is 0 Å². The van der Waals surface area contributed by atoms with Gasteiger partial charge in [-0.25, -0.2) is 4.79 Å². The molecule has 4 heteroatoms. The first-order valence-electron chi connectivity index (χ1n) is 5.72. The molecule has 17 heavy (non-hydrogen) atoms. The fourth-order valence-corrected chi connectivity index (χ4v) is 2.59. The molecular formula is C13H15BrO3. The Balaban J connectivity index is 2.23. The number of fused-ring (bicyclic) bond motifs is 1. The molecule has 0 saturated heterocycles. The number of carbonyl (C=O) groups is 1. The summed E-state index contributed by atoms with van der Waals surface area (Å²) in [5.74, 6) is -0.506. The minimum absolute atomic E-state index is 0.300. The van der Waals surface area contributed by atoms with E-state index in [1.165, 1.54) is 5.56 Å². The monoisotopic (exact) mass is 298 g/mol. The van der Waals surface area contributed by atoms with Crippen molar-refractivity contribution in [2.24, 2.45) is 0 Å². The van der Waals surface area contributed by atoms with Crippen molar-refractivity contribution in [1.29, 1.82) is 0 Å². The number of aliphatic hydroxyl groups is 1. The molecule has 0 aliphatic heterocycles. The maximum Gasteiger partial charge on any atom is 0.338 e. The number of hydrogen-bond donors (Lipinski definition) is 1. The number of ether oxygens (including phenoxy) is 1. The highest BCUT2D eigenvalue weighted by Crippen LogP contribution is 2.31. The van der Waals surface area contributed by atoms with Gasteiger partial charge in [0.25, 0.3) is 0 Å². The summed E-state index contributed by atoms with van der Waals surface area (Å²) in [6.07, 6.45) is 1.47. The van der Waals surface area contributed by atoms with Gasteiger partial charge < -0.3 is 9.84 Å². The Kier molecular flexibility index (Phi) is 3.54. The third kappa shape index (κ3) is 2.53. The van der Waals surface area contributed by atoms with Gasteiger partial charge >= 0.3 is 5.97 Å². The molecule has 1 aromatic carbocycles. The normalized spacial score (nSPS) is 23.0. The van der Waals surface area contributed by atoms with Gasteiger partial charge in [-0.2, -0.15) is 0 Å². The zero-order valence-corrected chi connectivity index (χ0v) is 11.3. The van der Waals surface area contributed by atoms with E-state index in [4.69, 9.17) is 4.74 Å². The summed E-state index contributed by atoms with van der Waals surface area (Å²) >= 11 is 3.42. The Morgan fingerprint density at radius 3 is 3.00 bits per heavy atom. The fourth-order valence-electron chi connectivity index (χ4n) is 2.18. The van der Waals surface area contributed by atoms with Crippen LogP contribution in [0.4, 0.5) is 0 Å². The van der Waals surface area contributed by atoms with E-state index in [1.54, 1.807) is 6.92 Å². The largest absolute Gasteiger partial charge is 0.464 e. The fraction of sp³-hybridized carbons (Fsp3) is 0.462. The average Bonchev–Trinajstić information content (AvgIpc) is 2.30. The highest BCUT2D eigenvalue weighted by atomic mass is 79.9. The Bertz CT molecular complexity index is 444. The zero-order chi connectivity index (χ0) is 12.5. The number of rotatable bonds is 2. The minimum atomic E-state index is -1.35. The predicted molar refractivity (Wildman–Crippen MR) is 67.7 cm³/mol. The molecule has 1 aromatic rings. The summed E-state index contributed by atoms with van der Waals surface area (Å²) < 4.78 is 5.95. The molecular weight excluding hydrogens is 284 g/mol. The van der Waals surface area contributed by atoms with E-state index in [0.29, 0.717) is 25.9 Å². The van der Waals surface area contributed by atoms with Gasteiger partial charge in [0.2, 0.25) is 0 Å². The standard InChI is InChI=1S/C13H15BrO3/c1-2-17-12(15)13(16)6-5-9-7-11(14)4-3-10(9)8-13/h3-4,7,16H,2,5-6,8H2,1H3. The lowest BCUT2D eigenvalue weighted by Crippen LogP contribution is -2.45. The molecule has 0 radical (unpaired) electrons. The van der Waals surface area contributed by atoms with Crippen LogP contribution in [0.15, 0.2) is 22.7 Å². The zero-order valence-electron chi connectivity index (χ0n) is 9.70. The molecule has 2 rings (SSSR count). The second kappa shape index (κ2) is 4.78. The van der Waals surface area contributed by atoms with Gasteiger partial charge in [-0.05, 0) is 43.0 Å². The molecule has 1 aliphatic rings. The van der Waals surface area contributed by atoms with Crippen LogP contribution in [0.3, 0.4) is 0 Å². The Hall–Kier alpha value is -0.870. The lowest BCUT2D eigenvalue weighted by Gasteiger charge is -2.31. The summed E-state index contributed by atoms with van der Waals surface area (Å²) in [7, 11) is 0. The van der Waals surface area contributed by atoms with Crippen molar-refractivity contribution in [3.8, 4) is 0 Å². The molecule has 0 amide bonds. The van der Waals surface area contributed by atoms with E-state index in [0.717, 1.165) is 10.0 Å². The predicted octanol–water partition coefficient (Wildman–Crippen LogP) is 2.23. The lowest BCUT2D eigenvalue weighted by atomic mass is 9.80. The molecule has 1 unspecified atom stereocenters. The topological polar surface area (TPSA) is 46.5 Å². The van der Waals surface area contributed by atoms with Crippen LogP contribution in [-0.4, -0.2) is 23.3 Å². The van der Waals surface area contributed by atoms with Crippen molar-refractivity contribution >= 4 is 21.9 Å². The molecule has 0 aromatic heterocycles. The van der Waals surface area contributed by atoms with Crippen LogP contribution in [0.5, 0.6) is 0 Å². The van der Waals surface area contributed by atoms with Crippen LogP contribution in [0.2, 0.25) is 0 Å². The SMILES string of the molecule is CCOC(=O)C1(O)CCc2cc(Br)ccc2C1. The van der Waals surface area contributed by atoms with Gasteiger partial charge in [0.05, 0.1) is 6.61 Å². The average molecular weight is 299 g/mol. The maximum atomic E-state index is 11.7. The van der Waals surface area contributed by atoms with Crippen molar-refractivity contribution in [2.45, 2.75) is 31.8 Å². The number of carbonyl (C=O) groups excluding carboxylic acids is 1. The van der Waals surface area contributed by atoms with Crippen LogP contribution in [-0.2, 0) is 22.4 Å². The van der Waals surface area contributed by atoms with Crippen LogP contribution in [0.1, 0.15) is 24.5 Å². The second-order valence-corrected chi connectivity index (χ2v) is 5.26. The molecule has 0 bridgehead atoms. The second-order valence-electron chi connectivity index (χ2n) is 4.34. The quantitative estimate of drug-likeness (QED) is 0.852. The van der Waals surface area contributed by atoms with E-state index in [9.17, 15) is 9.90 Å². The molecule has 0 saturated carbocycles. The first-order chi connectivity index (χ1) is 8.05. The summed E-state index contributed by atoms with van der Waals surface area (Å²) in [6.45, 7) is 2.05. The van der Waals surface area contributed by atoms with Gasteiger partial charge in [0.1, 0.15) is 0 Å². The molecule has 92 valence electrons. The van der Waals surface area contributed by atoms with Crippen LogP contribution in [0.25, 0.3) is 0 Å². The number of halogens is 1. The number of aryl methyl sites for hydroxylation is 1. The van der Waals surface area contributed by atoms with Crippen molar-refractivity contribution in [3.63, 3.8) is 0 Å². The van der Waals surface area contributed by atoms with Crippen molar-refractivity contribution in [1.82, 2.24) is 0 Å². The molecule has 0 spiro atoms. The summed E-state index contributed by atoms with van der Waals surface area (Å²) in [4.78, 5) is 11.7. The number of benzene rings is 1. The third-order valence-electron chi connectivity index (χ3n) is 3.11. The van der Waals surface area contributed by atoms with Gasteiger partial charge in [-0.3, -0.25) is 0 Å². The first kappa shape index (κ1) is 12.6. The van der Waals surface area contributed by atoms with Gasteiger partial charge in [-0.1, -0.05) is 22.0 Å². The lowest BCUT2D eigenvalue weighted by molar-refractivity contribution is -0.166. The van der Waals surface area contributed by atoms with Crippen molar-refractivity contribution < 1.29 is 14.6 Å². The highest BCUT2D eigenvalue weighted by molar-refractivity contribution is 9.10. The van der Waals surface area contributed by atoms with Crippen molar-refractivity contribution in [3.05, 3.63) is 33.8 Å². The molecule has 0 fully saturated rings. The van der Waals surface area contributed by atoms with Gasteiger partial charge in [0, 0.05) is 10.9 Å². The Morgan fingerprint density at radius 2 is 2.29 bits per heavy atom. The van der Waals surface area contributed by atoms with E-state index in [2.05, 4.69) is 15.9 Å². The number of esters is 1. The van der Waals surface area contributed by atoms with E-state index in [1.807, 2.05) is 18.2 Å². The van der Waals surface area contributed by atoms with E-state index in [-0.39, 0.29) is 0 Å². The molecule has 1 atom stereocenters.